The van der Waals surface area contributed by atoms with Crippen LogP contribution in [0.15, 0.2) is 0 Å². The van der Waals surface area contributed by atoms with E-state index in [1.54, 1.807) is 0 Å². The quantitative estimate of drug-likeness (QED) is 0.461. The summed E-state index contributed by atoms with van der Waals surface area (Å²) >= 11 is 0. The van der Waals surface area contributed by atoms with Crippen molar-refractivity contribution in [3.63, 3.8) is 0 Å². The number of rotatable bonds is 6. The third-order valence-corrected chi connectivity index (χ3v) is 2.61. The van der Waals surface area contributed by atoms with E-state index in [1.807, 2.05) is 0 Å². The fraction of sp³-hybridized carbons (Fsp3) is 0.600. The second kappa shape index (κ2) is 5.99. The predicted octanol–water partition coefficient (Wildman–Crippen LogP) is -1.44. The molecule has 0 radical (unpaired) electrons. The molecule has 18 heavy (non-hydrogen) atoms. The summed E-state index contributed by atoms with van der Waals surface area (Å²) in [5.41, 5.74) is 0. The average Bonchev–Trinajstić information content (AvgIpc) is 2.70. The second-order valence-electron chi connectivity index (χ2n) is 4.04. The molecule has 0 aromatic heterocycles. The van der Waals surface area contributed by atoms with Crippen molar-refractivity contribution in [3.8, 4) is 0 Å². The monoisotopic (exact) mass is 258 g/mol. The van der Waals surface area contributed by atoms with Crippen LogP contribution in [0.4, 0.5) is 0 Å². The highest BCUT2D eigenvalue weighted by atomic mass is 16.4. The van der Waals surface area contributed by atoms with E-state index in [9.17, 15) is 19.2 Å². The fourth-order valence-electron chi connectivity index (χ4n) is 1.61. The van der Waals surface area contributed by atoms with Gasteiger partial charge in [-0.2, -0.15) is 0 Å². The molecule has 0 spiro atoms. The van der Waals surface area contributed by atoms with Crippen molar-refractivity contribution in [2.45, 2.75) is 25.3 Å². The smallest absolute Gasteiger partial charge is 0.326 e. The Bertz CT molecular complexity index is 381. The summed E-state index contributed by atoms with van der Waals surface area (Å²) in [6.45, 7) is 0.177. The van der Waals surface area contributed by atoms with Crippen molar-refractivity contribution in [2.75, 3.05) is 6.54 Å². The maximum absolute atomic E-state index is 11.6. The molecule has 1 rings (SSSR count). The van der Waals surface area contributed by atoms with Crippen LogP contribution in [0.2, 0.25) is 0 Å². The molecule has 2 amide bonds. The van der Waals surface area contributed by atoms with Gasteiger partial charge in [0.05, 0.1) is 5.92 Å². The number of aliphatic carboxylic acids is 2. The van der Waals surface area contributed by atoms with Gasteiger partial charge in [-0.3, -0.25) is 14.4 Å². The topological polar surface area (TPSA) is 133 Å². The first kappa shape index (κ1) is 13.9. The molecule has 1 fully saturated rings. The Morgan fingerprint density at radius 1 is 1.39 bits per heavy atom. The second-order valence-corrected chi connectivity index (χ2v) is 4.04. The molecule has 0 saturated carbocycles. The molecule has 1 saturated heterocycles. The first-order chi connectivity index (χ1) is 8.40. The zero-order chi connectivity index (χ0) is 13.7. The van der Waals surface area contributed by atoms with Gasteiger partial charge in [0.1, 0.15) is 6.04 Å². The van der Waals surface area contributed by atoms with Gasteiger partial charge in [0.2, 0.25) is 11.8 Å². The first-order valence-electron chi connectivity index (χ1n) is 5.42. The van der Waals surface area contributed by atoms with Crippen LogP contribution in [0, 0.1) is 5.92 Å². The largest absolute Gasteiger partial charge is 0.481 e. The maximum Gasteiger partial charge on any atom is 0.326 e. The summed E-state index contributed by atoms with van der Waals surface area (Å²) in [4.78, 5) is 43.7. The molecule has 0 bridgehead atoms. The van der Waals surface area contributed by atoms with Crippen molar-refractivity contribution < 1.29 is 29.4 Å². The number of carboxylic acid groups (broad SMARTS) is 2. The van der Waals surface area contributed by atoms with Gasteiger partial charge < -0.3 is 20.8 Å². The minimum absolute atomic E-state index is 0.0249. The number of carbonyl (C=O) groups excluding carboxylic acids is 2. The van der Waals surface area contributed by atoms with Gasteiger partial charge in [-0.05, 0) is 6.42 Å². The van der Waals surface area contributed by atoms with Crippen LogP contribution >= 0.6 is 0 Å². The molecule has 8 nitrogen and oxygen atoms in total. The van der Waals surface area contributed by atoms with Crippen molar-refractivity contribution >= 4 is 23.8 Å². The molecule has 2 atom stereocenters. The molecule has 1 heterocycles. The Morgan fingerprint density at radius 3 is 2.50 bits per heavy atom. The maximum atomic E-state index is 11.6. The van der Waals surface area contributed by atoms with E-state index in [-0.39, 0.29) is 31.7 Å². The third kappa shape index (κ3) is 4.04. The number of hydrogen-bond donors (Lipinski definition) is 4. The number of carbonyl (C=O) groups is 4. The number of hydrogen-bond acceptors (Lipinski definition) is 4. The molecule has 1 aliphatic heterocycles. The Kier molecular flexibility index (Phi) is 4.64. The number of nitrogens with one attached hydrogen (secondary N) is 2. The van der Waals surface area contributed by atoms with Crippen LogP contribution in [-0.4, -0.2) is 46.6 Å². The van der Waals surface area contributed by atoms with Gasteiger partial charge in [-0.15, -0.1) is 0 Å². The Labute approximate surface area is 102 Å². The van der Waals surface area contributed by atoms with Crippen LogP contribution in [0.3, 0.4) is 0 Å². The lowest BCUT2D eigenvalue weighted by atomic mass is 10.1. The Balaban J connectivity index is 2.49. The molecular formula is C10H14N2O6. The number of carboxylic acids is 2. The highest BCUT2D eigenvalue weighted by molar-refractivity contribution is 5.91. The zero-order valence-corrected chi connectivity index (χ0v) is 9.51. The van der Waals surface area contributed by atoms with E-state index >= 15 is 0 Å². The molecule has 0 aromatic rings. The summed E-state index contributed by atoms with van der Waals surface area (Å²) in [6.07, 6.45) is -0.513. The molecule has 1 unspecified atom stereocenters. The minimum Gasteiger partial charge on any atom is -0.481 e. The Morgan fingerprint density at radius 2 is 2.06 bits per heavy atom. The fourth-order valence-corrected chi connectivity index (χ4v) is 1.61. The van der Waals surface area contributed by atoms with Crippen molar-refractivity contribution in [1.29, 1.82) is 0 Å². The van der Waals surface area contributed by atoms with E-state index in [0.717, 1.165) is 0 Å². The van der Waals surface area contributed by atoms with Gasteiger partial charge in [0.15, 0.2) is 0 Å². The molecule has 100 valence electrons. The number of amides is 2. The molecule has 4 N–H and O–H groups in total. The summed E-state index contributed by atoms with van der Waals surface area (Å²) in [5.74, 6) is -3.82. The van der Waals surface area contributed by atoms with Crippen LogP contribution in [0.25, 0.3) is 0 Å². The Hall–Kier alpha value is -2.12. The van der Waals surface area contributed by atoms with E-state index in [1.165, 1.54) is 0 Å². The lowest BCUT2D eigenvalue weighted by molar-refractivity contribution is -0.143. The molecule has 1 aliphatic rings. The summed E-state index contributed by atoms with van der Waals surface area (Å²) in [7, 11) is 0. The van der Waals surface area contributed by atoms with Gasteiger partial charge in [-0.1, -0.05) is 0 Å². The molecule has 8 heteroatoms. The standard InChI is InChI=1S/C10H14N2O6/c13-7-3-5(4-11-7)9(16)12-6(10(17)18)1-2-8(14)15/h5-6H,1-4H2,(H,11,13)(H,12,16)(H,14,15)(H,17,18)/t5?,6-/m0/s1. The van der Waals surface area contributed by atoms with Crippen LogP contribution in [-0.2, 0) is 19.2 Å². The molecular weight excluding hydrogens is 244 g/mol. The van der Waals surface area contributed by atoms with E-state index in [4.69, 9.17) is 10.2 Å². The summed E-state index contributed by atoms with van der Waals surface area (Å²) in [5, 5.41) is 22.0. The van der Waals surface area contributed by atoms with E-state index in [0.29, 0.717) is 0 Å². The predicted molar refractivity (Wildman–Crippen MR) is 57.6 cm³/mol. The van der Waals surface area contributed by atoms with Gasteiger partial charge in [0, 0.05) is 19.4 Å². The van der Waals surface area contributed by atoms with E-state index in [2.05, 4.69) is 10.6 Å². The lowest BCUT2D eigenvalue weighted by Gasteiger charge is -2.15. The van der Waals surface area contributed by atoms with Gasteiger partial charge in [0.25, 0.3) is 0 Å². The highest BCUT2D eigenvalue weighted by Crippen LogP contribution is 2.10. The molecule has 0 aromatic carbocycles. The molecule has 0 aliphatic carbocycles. The van der Waals surface area contributed by atoms with Crippen molar-refractivity contribution in [2.24, 2.45) is 5.92 Å². The lowest BCUT2D eigenvalue weighted by Crippen LogP contribution is -2.44. The summed E-state index contributed by atoms with van der Waals surface area (Å²) < 4.78 is 0. The van der Waals surface area contributed by atoms with E-state index < -0.39 is 29.8 Å². The average molecular weight is 258 g/mol. The van der Waals surface area contributed by atoms with Crippen molar-refractivity contribution in [3.05, 3.63) is 0 Å². The first-order valence-corrected chi connectivity index (χ1v) is 5.42. The third-order valence-electron chi connectivity index (χ3n) is 2.61. The van der Waals surface area contributed by atoms with Gasteiger partial charge in [-0.25, -0.2) is 4.79 Å². The SMILES string of the molecule is O=C(O)CC[C@H](NC(=O)C1CNC(=O)C1)C(=O)O. The van der Waals surface area contributed by atoms with Crippen LogP contribution < -0.4 is 10.6 Å². The zero-order valence-electron chi connectivity index (χ0n) is 9.51. The van der Waals surface area contributed by atoms with Crippen LogP contribution in [0.1, 0.15) is 19.3 Å². The van der Waals surface area contributed by atoms with Crippen molar-refractivity contribution in [1.82, 2.24) is 10.6 Å². The summed E-state index contributed by atoms with van der Waals surface area (Å²) in [6, 6.07) is -1.25. The van der Waals surface area contributed by atoms with Gasteiger partial charge >= 0.3 is 11.9 Å². The highest BCUT2D eigenvalue weighted by Gasteiger charge is 2.30. The normalized spacial score (nSPS) is 20.0. The van der Waals surface area contributed by atoms with Crippen LogP contribution in [0.5, 0.6) is 0 Å². The minimum atomic E-state index is -1.29.